The van der Waals surface area contributed by atoms with Gasteiger partial charge in [0.25, 0.3) is 11.8 Å². The van der Waals surface area contributed by atoms with Crippen LogP contribution < -0.4 is 26.2 Å². The Morgan fingerprint density at radius 3 is 2.28 bits per heavy atom. The molecule has 1 heterocycles. The third-order valence-corrected chi connectivity index (χ3v) is 4.71. The van der Waals surface area contributed by atoms with Crippen molar-refractivity contribution in [3.05, 3.63) is 77.1 Å². The van der Waals surface area contributed by atoms with Crippen molar-refractivity contribution in [2.75, 3.05) is 17.2 Å². The quantitative estimate of drug-likeness (QED) is 0.229. The Morgan fingerprint density at radius 1 is 0.944 bits per heavy atom. The molecule has 3 rings (SSSR count). The summed E-state index contributed by atoms with van der Waals surface area (Å²) in [5.41, 5.74) is 0.491. The van der Waals surface area contributed by atoms with Gasteiger partial charge in [0.2, 0.25) is 0 Å². The zero-order valence-corrected chi connectivity index (χ0v) is 18.8. The van der Waals surface area contributed by atoms with Crippen LogP contribution in [0.3, 0.4) is 0 Å². The summed E-state index contributed by atoms with van der Waals surface area (Å²) >= 11 is 5.57. The molecule has 188 valence electrons. The van der Waals surface area contributed by atoms with Crippen molar-refractivity contribution in [1.82, 2.24) is 15.8 Å². The van der Waals surface area contributed by atoms with E-state index in [1.165, 1.54) is 54.1 Å². The maximum Gasteiger partial charge on any atom is 0.417 e. The molecule has 0 radical (unpaired) electrons. The molecule has 3 aromatic rings. The number of nitrogens with one attached hydrogen (secondary N) is 4. The average Bonchev–Trinajstić information content (AvgIpc) is 2.84. The molecule has 0 saturated heterocycles. The maximum absolute atomic E-state index is 13.0. The number of amides is 4. The average molecular weight is 524 g/mol. The summed E-state index contributed by atoms with van der Waals surface area (Å²) in [5, 5.41) is 15.0. The van der Waals surface area contributed by atoms with E-state index in [2.05, 4.69) is 20.9 Å². The second-order valence-electron chi connectivity index (χ2n) is 6.99. The van der Waals surface area contributed by atoms with E-state index in [4.69, 9.17) is 21.5 Å². The number of rotatable bonds is 7. The van der Waals surface area contributed by atoms with E-state index in [0.717, 1.165) is 12.1 Å². The van der Waals surface area contributed by atoms with Crippen LogP contribution in [0, 0.1) is 0 Å². The Hall–Kier alpha value is -4.36. The van der Waals surface area contributed by atoms with Crippen molar-refractivity contribution in [2.45, 2.75) is 6.18 Å². The van der Waals surface area contributed by atoms with Crippen LogP contribution in [0.2, 0.25) is 5.02 Å². The summed E-state index contributed by atoms with van der Waals surface area (Å²) in [6.45, 7) is -0.453. The Kier molecular flexibility index (Phi) is 8.30. The highest BCUT2D eigenvalue weighted by Gasteiger charge is 2.33. The number of carbonyl (C=O) groups excluding carboxylic acids is 3. The monoisotopic (exact) mass is 523 g/mol. The van der Waals surface area contributed by atoms with Gasteiger partial charge in [-0.25, -0.2) is 10.3 Å². The Bertz CT molecular complexity index is 1270. The lowest BCUT2D eigenvalue weighted by molar-refractivity contribution is -0.137. The van der Waals surface area contributed by atoms with E-state index in [9.17, 15) is 27.6 Å². The molecule has 36 heavy (non-hydrogen) atoms. The molecule has 0 aliphatic heterocycles. The van der Waals surface area contributed by atoms with E-state index in [1.807, 2.05) is 0 Å². The summed E-state index contributed by atoms with van der Waals surface area (Å²) in [5.74, 6) is -0.885. The summed E-state index contributed by atoms with van der Waals surface area (Å²) < 4.78 is 44.6. The standard InChI is InChI=1S/C22H17ClF3N5O5/c23-17-6-3-13(9-16(17)22(24,25)26)30-21(34)29-12-1-4-14(5-2-12)36-15-7-8-27-18(10-15)20(33)28-11-19(32)31-35/h1-10,35H,11H2,(H,28,33)(H,31,32)(H2,29,30,34). The summed E-state index contributed by atoms with van der Waals surface area (Å²) in [4.78, 5) is 39.1. The Morgan fingerprint density at radius 2 is 1.61 bits per heavy atom. The molecule has 4 amide bonds. The number of hydrogen-bond donors (Lipinski definition) is 5. The number of ether oxygens (including phenoxy) is 1. The third-order valence-electron chi connectivity index (χ3n) is 4.38. The number of benzene rings is 2. The number of hydrogen-bond acceptors (Lipinski definition) is 6. The first-order chi connectivity index (χ1) is 17.0. The van der Waals surface area contributed by atoms with Gasteiger partial charge >= 0.3 is 12.2 Å². The minimum Gasteiger partial charge on any atom is -0.457 e. The lowest BCUT2D eigenvalue weighted by atomic mass is 10.2. The number of carbonyl (C=O) groups is 3. The van der Waals surface area contributed by atoms with Crippen LogP contribution >= 0.6 is 11.6 Å². The molecule has 14 heteroatoms. The summed E-state index contributed by atoms with van der Waals surface area (Å²) in [6, 6.07) is 11.0. The number of alkyl halides is 3. The highest BCUT2D eigenvalue weighted by Crippen LogP contribution is 2.36. The molecule has 0 saturated carbocycles. The molecule has 0 spiro atoms. The molecule has 0 atom stereocenters. The van der Waals surface area contributed by atoms with Crippen molar-refractivity contribution in [3.8, 4) is 11.5 Å². The second kappa shape index (κ2) is 11.4. The summed E-state index contributed by atoms with van der Waals surface area (Å²) in [6.07, 6.45) is -3.35. The number of urea groups is 1. The molecule has 0 aliphatic rings. The van der Waals surface area contributed by atoms with Crippen LogP contribution in [-0.4, -0.2) is 34.6 Å². The molecule has 5 N–H and O–H groups in total. The van der Waals surface area contributed by atoms with Crippen molar-refractivity contribution in [1.29, 1.82) is 0 Å². The molecule has 0 unspecified atom stereocenters. The van der Waals surface area contributed by atoms with Crippen LogP contribution in [0.1, 0.15) is 16.1 Å². The van der Waals surface area contributed by atoms with Crippen LogP contribution in [-0.2, 0) is 11.0 Å². The normalized spacial score (nSPS) is 10.8. The van der Waals surface area contributed by atoms with Gasteiger partial charge < -0.3 is 20.7 Å². The van der Waals surface area contributed by atoms with Gasteiger partial charge in [0.05, 0.1) is 17.1 Å². The first-order valence-electron chi connectivity index (χ1n) is 9.95. The van der Waals surface area contributed by atoms with Gasteiger partial charge in [-0.05, 0) is 48.5 Å². The second-order valence-corrected chi connectivity index (χ2v) is 7.40. The minimum atomic E-state index is -4.67. The van der Waals surface area contributed by atoms with Crippen LogP contribution in [0.15, 0.2) is 60.8 Å². The van der Waals surface area contributed by atoms with E-state index in [1.54, 1.807) is 0 Å². The third kappa shape index (κ3) is 7.32. The highest BCUT2D eigenvalue weighted by molar-refractivity contribution is 6.31. The molecule has 1 aromatic heterocycles. The Labute approximate surface area is 206 Å². The first kappa shape index (κ1) is 26.2. The topological polar surface area (TPSA) is 142 Å². The van der Waals surface area contributed by atoms with Gasteiger partial charge in [0, 0.05) is 23.6 Å². The van der Waals surface area contributed by atoms with Gasteiger partial charge in [-0.3, -0.25) is 19.8 Å². The largest absolute Gasteiger partial charge is 0.457 e. The fraction of sp³-hybridized carbons (Fsp3) is 0.0909. The zero-order chi connectivity index (χ0) is 26.3. The predicted octanol–water partition coefficient (Wildman–Crippen LogP) is 4.43. The van der Waals surface area contributed by atoms with Crippen molar-refractivity contribution < 1.29 is 37.5 Å². The van der Waals surface area contributed by atoms with Crippen LogP contribution in [0.5, 0.6) is 11.5 Å². The number of halogens is 4. The summed E-state index contributed by atoms with van der Waals surface area (Å²) in [7, 11) is 0. The number of aromatic nitrogens is 1. The molecular formula is C22H17ClF3N5O5. The molecule has 2 aromatic carbocycles. The van der Waals surface area contributed by atoms with Gasteiger partial charge in [0.1, 0.15) is 17.2 Å². The lowest BCUT2D eigenvalue weighted by Gasteiger charge is -2.12. The number of pyridine rings is 1. The van der Waals surface area contributed by atoms with Gasteiger partial charge in [-0.1, -0.05) is 11.6 Å². The van der Waals surface area contributed by atoms with Gasteiger partial charge in [-0.15, -0.1) is 0 Å². The number of hydroxylamine groups is 1. The number of nitrogens with zero attached hydrogens (tertiary/aromatic N) is 1. The molecule has 0 bridgehead atoms. The first-order valence-corrected chi connectivity index (χ1v) is 10.3. The highest BCUT2D eigenvalue weighted by atomic mass is 35.5. The van der Waals surface area contributed by atoms with Crippen LogP contribution in [0.4, 0.5) is 29.3 Å². The maximum atomic E-state index is 13.0. The lowest BCUT2D eigenvalue weighted by Crippen LogP contribution is -2.35. The zero-order valence-electron chi connectivity index (χ0n) is 18.0. The predicted molar refractivity (Wildman–Crippen MR) is 122 cm³/mol. The van der Waals surface area contributed by atoms with Gasteiger partial charge in [-0.2, -0.15) is 13.2 Å². The van der Waals surface area contributed by atoms with E-state index in [0.29, 0.717) is 11.4 Å². The smallest absolute Gasteiger partial charge is 0.417 e. The molecular weight excluding hydrogens is 507 g/mol. The van der Waals surface area contributed by atoms with Crippen molar-refractivity contribution >= 4 is 40.8 Å². The van der Waals surface area contributed by atoms with E-state index >= 15 is 0 Å². The SMILES string of the molecule is O=C(CNC(=O)c1cc(Oc2ccc(NC(=O)Nc3ccc(Cl)c(C(F)(F)F)c3)cc2)ccn1)NO. The van der Waals surface area contributed by atoms with Crippen molar-refractivity contribution in [3.63, 3.8) is 0 Å². The van der Waals surface area contributed by atoms with Gasteiger partial charge in [0.15, 0.2) is 0 Å². The molecule has 10 nitrogen and oxygen atoms in total. The molecule has 0 aliphatic carbocycles. The Balaban J connectivity index is 1.59. The van der Waals surface area contributed by atoms with Crippen molar-refractivity contribution in [2.24, 2.45) is 0 Å². The number of anilines is 2. The van der Waals surface area contributed by atoms with Crippen LogP contribution in [0.25, 0.3) is 0 Å². The van der Waals surface area contributed by atoms with E-state index in [-0.39, 0.29) is 17.1 Å². The minimum absolute atomic E-state index is 0.0379. The fourth-order valence-corrected chi connectivity index (χ4v) is 2.97. The molecule has 0 fully saturated rings. The van der Waals surface area contributed by atoms with E-state index < -0.39 is 41.2 Å². The fourth-order valence-electron chi connectivity index (χ4n) is 2.75.